The minimum absolute atomic E-state index is 0.560. The van der Waals surface area contributed by atoms with E-state index in [-0.39, 0.29) is 0 Å². The van der Waals surface area contributed by atoms with E-state index in [9.17, 15) is 0 Å². The van der Waals surface area contributed by atoms with Gasteiger partial charge in [0.25, 0.3) is 0 Å². The highest BCUT2D eigenvalue weighted by atomic mass is 16.5. The fourth-order valence-corrected chi connectivity index (χ4v) is 1.65. The second kappa shape index (κ2) is 8.95. The van der Waals surface area contributed by atoms with Crippen LogP contribution >= 0.6 is 0 Å². The molecule has 0 spiro atoms. The van der Waals surface area contributed by atoms with Crippen LogP contribution in [0.15, 0.2) is 24.3 Å². The molecule has 0 fully saturated rings. The maximum absolute atomic E-state index is 5.60. The predicted octanol–water partition coefficient (Wildman–Crippen LogP) is 2.64. The average Bonchev–Trinajstić information content (AvgIpc) is 2.38. The first-order chi connectivity index (χ1) is 8.72. The molecule has 0 atom stereocenters. The Hall–Kier alpha value is -1.06. The summed E-state index contributed by atoms with van der Waals surface area (Å²) in [4.78, 5) is 0. The number of methoxy groups -OCH3 is 1. The lowest BCUT2D eigenvalue weighted by atomic mass is 10.1. The minimum Gasteiger partial charge on any atom is -0.497 e. The summed E-state index contributed by atoms with van der Waals surface area (Å²) in [6, 6.07) is 8.71. The molecule has 1 N–H and O–H groups in total. The van der Waals surface area contributed by atoms with Gasteiger partial charge in [0.1, 0.15) is 5.75 Å². The van der Waals surface area contributed by atoms with Crippen molar-refractivity contribution < 1.29 is 9.47 Å². The highest BCUT2D eigenvalue weighted by molar-refractivity contribution is 5.27. The number of hydrogen-bond acceptors (Lipinski definition) is 3. The molecule has 102 valence electrons. The van der Waals surface area contributed by atoms with Crippen molar-refractivity contribution in [1.82, 2.24) is 5.32 Å². The van der Waals surface area contributed by atoms with Crippen LogP contribution in [0.3, 0.4) is 0 Å². The van der Waals surface area contributed by atoms with Crippen LogP contribution < -0.4 is 10.1 Å². The second-order valence-corrected chi connectivity index (χ2v) is 4.67. The first kappa shape index (κ1) is 15.0. The highest BCUT2D eigenvalue weighted by Gasteiger charge is 1.96. The van der Waals surface area contributed by atoms with Crippen LogP contribution in [0, 0.1) is 0 Å². The molecular formula is C15H25NO2. The second-order valence-electron chi connectivity index (χ2n) is 4.67. The molecule has 1 rings (SSSR count). The molecule has 0 aliphatic carbocycles. The van der Waals surface area contributed by atoms with Gasteiger partial charge in [-0.25, -0.2) is 0 Å². The summed E-state index contributed by atoms with van der Waals surface area (Å²) in [6.07, 6.45) is 2.03. The van der Waals surface area contributed by atoms with Crippen molar-refractivity contribution in [2.45, 2.75) is 32.7 Å². The molecule has 0 bridgehead atoms. The molecule has 0 heterocycles. The molecule has 1 aromatic rings. The molecule has 3 nitrogen and oxygen atoms in total. The van der Waals surface area contributed by atoms with Crippen LogP contribution in [-0.2, 0) is 11.2 Å². The molecule has 0 aliphatic heterocycles. The third-order valence-electron chi connectivity index (χ3n) is 2.71. The first-order valence-corrected chi connectivity index (χ1v) is 6.66. The summed E-state index contributed by atoms with van der Waals surface area (Å²) in [5.74, 6) is 0.902. The van der Waals surface area contributed by atoms with Gasteiger partial charge in [0.2, 0.25) is 0 Å². The minimum atomic E-state index is 0.560. The monoisotopic (exact) mass is 251 g/mol. The highest BCUT2D eigenvalue weighted by Crippen LogP contribution is 2.11. The topological polar surface area (TPSA) is 30.5 Å². The normalized spacial score (nSPS) is 10.9. The Balaban J connectivity index is 2.03. The van der Waals surface area contributed by atoms with Crippen molar-refractivity contribution in [3.05, 3.63) is 29.8 Å². The van der Waals surface area contributed by atoms with Crippen LogP contribution in [0.5, 0.6) is 5.75 Å². The zero-order valence-electron chi connectivity index (χ0n) is 11.7. The van der Waals surface area contributed by atoms with Gasteiger partial charge < -0.3 is 14.8 Å². The van der Waals surface area contributed by atoms with Crippen LogP contribution in [0.25, 0.3) is 0 Å². The number of hydrogen-bond donors (Lipinski definition) is 1. The van der Waals surface area contributed by atoms with Crippen LogP contribution in [0.1, 0.15) is 25.8 Å². The first-order valence-electron chi connectivity index (χ1n) is 6.66. The Kier molecular flexibility index (Phi) is 7.46. The Morgan fingerprint density at radius 2 is 1.83 bits per heavy atom. The average molecular weight is 251 g/mol. The molecule has 0 unspecified atom stereocenters. The Morgan fingerprint density at radius 1 is 1.11 bits per heavy atom. The summed E-state index contributed by atoms with van der Waals surface area (Å²) < 4.78 is 10.7. The summed E-state index contributed by atoms with van der Waals surface area (Å²) >= 11 is 0. The fourth-order valence-electron chi connectivity index (χ4n) is 1.65. The fraction of sp³-hybridized carbons (Fsp3) is 0.600. The van der Waals surface area contributed by atoms with Gasteiger partial charge in [-0.2, -0.15) is 0 Å². The van der Waals surface area contributed by atoms with E-state index in [4.69, 9.17) is 9.47 Å². The van der Waals surface area contributed by atoms with E-state index in [2.05, 4.69) is 31.3 Å². The molecule has 1 aromatic carbocycles. The standard InChI is InChI=1S/C15H25NO2/c1-13(2)16-10-4-11-18-12-9-14-5-7-15(17-3)8-6-14/h5-8,13,16H,4,9-12H2,1-3H3. The van der Waals surface area contributed by atoms with Gasteiger partial charge in [0.05, 0.1) is 13.7 Å². The van der Waals surface area contributed by atoms with Gasteiger partial charge in [0, 0.05) is 12.6 Å². The number of nitrogens with one attached hydrogen (secondary N) is 1. The number of rotatable bonds is 9. The molecule has 0 amide bonds. The maximum atomic E-state index is 5.60. The van der Waals surface area contributed by atoms with Gasteiger partial charge in [-0.1, -0.05) is 26.0 Å². The van der Waals surface area contributed by atoms with Crippen molar-refractivity contribution in [1.29, 1.82) is 0 Å². The van der Waals surface area contributed by atoms with Gasteiger partial charge in [-0.05, 0) is 37.1 Å². The van der Waals surface area contributed by atoms with Crippen molar-refractivity contribution in [3.63, 3.8) is 0 Å². The van der Waals surface area contributed by atoms with E-state index < -0.39 is 0 Å². The Bertz CT molecular complexity index is 309. The molecular weight excluding hydrogens is 226 g/mol. The van der Waals surface area contributed by atoms with E-state index in [1.165, 1.54) is 5.56 Å². The summed E-state index contributed by atoms with van der Waals surface area (Å²) in [6.45, 7) is 6.96. The van der Waals surface area contributed by atoms with E-state index in [0.29, 0.717) is 6.04 Å². The molecule has 0 aliphatic rings. The molecule has 0 saturated carbocycles. The van der Waals surface area contributed by atoms with Crippen molar-refractivity contribution in [2.24, 2.45) is 0 Å². The van der Waals surface area contributed by atoms with E-state index >= 15 is 0 Å². The largest absolute Gasteiger partial charge is 0.497 e. The SMILES string of the molecule is COc1ccc(CCOCCCNC(C)C)cc1. The zero-order valence-corrected chi connectivity index (χ0v) is 11.7. The predicted molar refractivity (Wildman–Crippen MR) is 75.3 cm³/mol. The quantitative estimate of drug-likeness (QED) is 0.684. The van der Waals surface area contributed by atoms with Gasteiger partial charge in [0.15, 0.2) is 0 Å². The van der Waals surface area contributed by atoms with Crippen LogP contribution in [0.4, 0.5) is 0 Å². The molecule has 0 radical (unpaired) electrons. The van der Waals surface area contributed by atoms with Gasteiger partial charge >= 0.3 is 0 Å². The van der Waals surface area contributed by atoms with E-state index in [1.54, 1.807) is 7.11 Å². The molecule has 3 heteroatoms. The molecule has 0 saturated heterocycles. The third-order valence-corrected chi connectivity index (χ3v) is 2.71. The molecule has 0 aromatic heterocycles. The number of benzene rings is 1. The van der Waals surface area contributed by atoms with E-state index in [0.717, 1.165) is 38.3 Å². The summed E-state index contributed by atoms with van der Waals surface area (Å²) in [7, 11) is 1.68. The zero-order chi connectivity index (χ0) is 13.2. The lowest BCUT2D eigenvalue weighted by molar-refractivity contribution is 0.134. The maximum Gasteiger partial charge on any atom is 0.118 e. The Morgan fingerprint density at radius 3 is 2.44 bits per heavy atom. The van der Waals surface area contributed by atoms with Crippen LogP contribution in [0.2, 0.25) is 0 Å². The van der Waals surface area contributed by atoms with Crippen molar-refractivity contribution >= 4 is 0 Å². The molecule has 18 heavy (non-hydrogen) atoms. The smallest absolute Gasteiger partial charge is 0.118 e. The summed E-state index contributed by atoms with van der Waals surface area (Å²) in [5, 5.41) is 3.37. The number of ether oxygens (including phenoxy) is 2. The van der Waals surface area contributed by atoms with Crippen LogP contribution in [-0.4, -0.2) is 32.9 Å². The lowest BCUT2D eigenvalue weighted by Crippen LogP contribution is -2.24. The van der Waals surface area contributed by atoms with Crippen molar-refractivity contribution in [2.75, 3.05) is 26.9 Å². The van der Waals surface area contributed by atoms with Gasteiger partial charge in [-0.3, -0.25) is 0 Å². The third kappa shape index (κ3) is 6.62. The van der Waals surface area contributed by atoms with Gasteiger partial charge in [-0.15, -0.1) is 0 Å². The van der Waals surface area contributed by atoms with E-state index in [1.807, 2.05) is 12.1 Å². The Labute approximate surface area is 110 Å². The summed E-state index contributed by atoms with van der Waals surface area (Å²) in [5.41, 5.74) is 1.29. The lowest BCUT2D eigenvalue weighted by Gasteiger charge is -2.08. The van der Waals surface area contributed by atoms with Crippen molar-refractivity contribution in [3.8, 4) is 5.75 Å².